The standard InChI is InChI=1S/C4H6NO.C3H8.C2H6.K/c6-4-2-1-3-5-4;1-3-2;1-2;/h1H,2-3H2,(H,5,6);3H2,1-2H3;1-2H3;/q-1;;;+1. The van der Waals surface area contributed by atoms with Crippen LogP contribution in [0.4, 0.5) is 0 Å². The molecule has 0 aromatic rings. The van der Waals surface area contributed by atoms with Crippen LogP contribution in [-0.2, 0) is 4.79 Å². The number of hydrogen-bond acceptors (Lipinski definition) is 1. The first kappa shape index (κ1) is 18.8. The van der Waals surface area contributed by atoms with Crippen LogP contribution < -0.4 is 56.7 Å². The zero-order valence-corrected chi connectivity index (χ0v) is 12.2. The quantitative estimate of drug-likeness (QED) is 0.398. The molecule has 0 aromatic carbocycles. The monoisotopic (exact) mass is 197 g/mol. The largest absolute Gasteiger partial charge is 1.00 e. The molecular weight excluding hydrogens is 177 g/mol. The van der Waals surface area contributed by atoms with Gasteiger partial charge in [-0.2, -0.15) is 0 Å². The maximum Gasteiger partial charge on any atom is 1.00 e. The number of carbonyl (C=O) groups is 1. The first-order valence-electron chi connectivity index (χ1n) is 4.39. The van der Waals surface area contributed by atoms with Crippen LogP contribution in [0.2, 0.25) is 0 Å². The summed E-state index contributed by atoms with van der Waals surface area (Å²) < 4.78 is 0. The summed E-state index contributed by atoms with van der Waals surface area (Å²) in [5.41, 5.74) is 0. The van der Waals surface area contributed by atoms with Crippen LogP contribution in [0.15, 0.2) is 0 Å². The van der Waals surface area contributed by atoms with Crippen LogP contribution in [-0.4, -0.2) is 12.5 Å². The molecule has 12 heavy (non-hydrogen) atoms. The van der Waals surface area contributed by atoms with Crippen molar-refractivity contribution in [2.75, 3.05) is 6.54 Å². The Bertz CT molecular complexity index is 78.6. The van der Waals surface area contributed by atoms with E-state index < -0.39 is 0 Å². The third kappa shape index (κ3) is 17.3. The minimum Gasteiger partial charge on any atom is -0.388 e. The molecule has 1 amide bonds. The van der Waals surface area contributed by atoms with Crippen molar-refractivity contribution in [2.45, 2.75) is 40.5 Å². The average Bonchev–Trinajstić information content (AvgIpc) is 2.46. The van der Waals surface area contributed by atoms with Gasteiger partial charge in [-0.15, -0.1) is 6.54 Å². The maximum absolute atomic E-state index is 10.1. The van der Waals surface area contributed by atoms with Gasteiger partial charge in [0.15, 0.2) is 5.91 Å². The summed E-state index contributed by atoms with van der Waals surface area (Å²) in [6.07, 6.45) is 3.78. The van der Waals surface area contributed by atoms with E-state index in [1.807, 2.05) is 20.3 Å². The third-order valence-electron chi connectivity index (χ3n) is 0.773. The summed E-state index contributed by atoms with van der Waals surface area (Å²) in [5, 5.41) is 2.62. The molecule has 1 aliphatic rings. The molecule has 3 heteroatoms. The predicted octanol–water partition coefficient (Wildman–Crippen LogP) is -0.843. The molecule has 0 unspecified atom stereocenters. The summed E-state index contributed by atoms with van der Waals surface area (Å²) >= 11 is 0. The van der Waals surface area contributed by atoms with Gasteiger partial charge in [0.25, 0.3) is 0 Å². The van der Waals surface area contributed by atoms with Crippen molar-refractivity contribution >= 4 is 5.91 Å². The van der Waals surface area contributed by atoms with Crippen LogP contribution in [0, 0.1) is 6.42 Å². The molecule has 1 saturated heterocycles. The van der Waals surface area contributed by atoms with E-state index in [9.17, 15) is 4.79 Å². The number of carbonyl (C=O) groups excluding carboxylic acids is 1. The molecule has 1 fully saturated rings. The van der Waals surface area contributed by atoms with Gasteiger partial charge in [0.05, 0.1) is 0 Å². The SMILES string of the molecule is CC.CCC.O=C1C[CH-]CN1.[K+]. The Morgan fingerprint density at radius 3 is 1.92 bits per heavy atom. The van der Waals surface area contributed by atoms with E-state index in [2.05, 4.69) is 19.2 Å². The number of nitrogens with one attached hydrogen (secondary N) is 1. The molecule has 0 spiro atoms. The van der Waals surface area contributed by atoms with Gasteiger partial charge in [0.2, 0.25) is 0 Å². The fraction of sp³-hybridized carbons (Fsp3) is 0.778. The Morgan fingerprint density at radius 1 is 1.42 bits per heavy atom. The molecule has 1 heterocycles. The van der Waals surface area contributed by atoms with Gasteiger partial charge in [-0.05, 0) is 0 Å². The summed E-state index contributed by atoms with van der Waals surface area (Å²) in [6, 6.07) is 0. The van der Waals surface area contributed by atoms with E-state index in [0.717, 1.165) is 6.54 Å². The second-order valence-electron chi connectivity index (χ2n) is 2.00. The first-order chi connectivity index (χ1) is 5.31. The minimum absolute atomic E-state index is 0. The van der Waals surface area contributed by atoms with Crippen molar-refractivity contribution in [3.8, 4) is 0 Å². The molecule has 1 N–H and O–H groups in total. The van der Waals surface area contributed by atoms with Gasteiger partial charge in [-0.1, -0.05) is 40.5 Å². The van der Waals surface area contributed by atoms with E-state index in [1.165, 1.54) is 6.42 Å². The van der Waals surface area contributed by atoms with Gasteiger partial charge in [-0.25, -0.2) is 0 Å². The Kier molecular flexibility index (Phi) is 28.2. The zero-order valence-electron chi connectivity index (χ0n) is 9.11. The summed E-state index contributed by atoms with van der Waals surface area (Å²) in [5.74, 6) is 0.148. The third-order valence-corrected chi connectivity index (χ3v) is 0.773. The Balaban J connectivity index is -0.000000119. The second kappa shape index (κ2) is 18.0. The number of rotatable bonds is 0. The number of amides is 1. The van der Waals surface area contributed by atoms with Gasteiger partial charge in [0, 0.05) is 0 Å². The molecule has 1 aliphatic heterocycles. The van der Waals surface area contributed by atoms with E-state index in [1.54, 1.807) is 0 Å². The van der Waals surface area contributed by atoms with E-state index in [-0.39, 0.29) is 57.3 Å². The Labute approximate surface area is 119 Å². The summed E-state index contributed by atoms with van der Waals surface area (Å²) in [7, 11) is 0. The van der Waals surface area contributed by atoms with Crippen molar-refractivity contribution in [1.29, 1.82) is 0 Å². The summed E-state index contributed by atoms with van der Waals surface area (Å²) in [4.78, 5) is 10.1. The van der Waals surface area contributed by atoms with Gasteiger partial charge in [-0.3, -0.25) is 4.79 Å². The van der Waals surface area contributed by atoms with E-state index in [4.69, 9.17) is 0 Å². The fourth-order valence-electron chi connectivity index (χ4n) is 0.461. The molecule has 0 aliphatic carbocycles. The molecule has 0 radical (unpaired) electrons. The Morgan fingerprint density at radius 2 is 1.83 bits per heavy atom. The minimum atomic E-state index is 0. The van der Waals surface area contributed by atoms with Crippen molar-refractivity contribution in [2.24, 2.45) is 0 Å². The van der Waals surface area contributed by atoms with Gasteiger partial charge in [0.1, 0.15) is 0 Å². The van der Waals surface area contributed by atoms with E-state index >= 15 is 0 Å². The summed E-state index contributed by atoms with van der Waals surface area (Å²) in [6.45, 7) is 9.01. The first-order valence-corrected chi connectivity index (χ1v) is 4.39. The topological polar surface area (TPSA) is 29.1 Å². The smallest absolute Gasteiger partial charge is 0.388 e. The fourth-order valence-corrected chi connectivity index (χ4v) is 0.461. The van der Waals surface area contributed by atoms with Crippen LogP contribution >= 0.6 is 0 Å². The van der Waals surface area contributed by atoms with Gasteiger partial charge >= 0.3 is 51.4 Å². The second-order valence-corrected chi connectivity index (χ2v) is 2.00. The average molecular weight is 197 g/mol. The van der Waals surface area contributed by atoms with E-state index in [0.29, 0.717) is 6.42 Å². The van der Waals surface area contributed by atoms with Crippen molar-refractivity contribution in [3.63, 3.8) is 0 Å². The van der Waals surface area contributed by atoms with Crippen LogP contribution in [0.25, 0.3) is 0 Å². The normalized spacial score (nSPS) is 12.5. The van der Waals surface area contributed by atoms with Crippen molar-refractivity contribution in [1.82, 2.24) is 5.32 Å². The molecule has 0 atom stereocenters. The molecule has 0 aromatic heterocycles. The zero-order chi connectivity index (χ0) is 9.11. The molecule has 2 nitrogen and oxygen atoms in total. The number of hydrogen-bond donors (Lipinski definition) is 1. The molecule has 0 bridgehead atoms. The van der Waals surface area contributed by atoms with Crippen LogP contribution in [0.3, 0.4) is 0 Å². The molecule has 68 valence electrons. The predicted molar refractivity (Wildman–Crippen MR) is 49.2 cm³/mol. The van der Waals surface area contributed by atoms with Crippen LogP contribution in [0.1, 0.15) is 40.5 Å². The van der Waals surface area contributed by atoms with Crippen LogP contribution in [0.5, 0.6) is 0 Å². The molecule has 1 rings (SSSR count). The van der Waals surface area contributed by atoms with Gasteiger partial charge < -0.3 is 11.7 Å². The maximum atomic E-state index is 10.1. The van der Waals surface area contributed by atoms with Crippen molar-refractivity contribution < 1.29 is 56.2 Å². The Hall–Kier alpha value is 1.11. The molecule has 0 saturated carbocycles. The molecular formula is C9H20KNO. The van der Waals surface area contributed by atoms with Crippen molar-refractivity contribution in [3.05, 3.63) is 6.42 Å².